The van der Waals surface area contributed by atoms with E-state index in [2.05, 4.69) is 20.8 Å². The first-order chi connectivity index (χ1) is 14.6. The Bertz CT molecular complexity index is 1030. The second-order valence-corrected chi connectivity index (χ2v) is 8.86. The van der Waals surface area contributed by atoms with E-state index in [1.807, 2.05) is 25.1 Å². The number of aromatic hydroxyl groups is 1. The predicted octanol–water partition coefficient (Wildman–Crippen LogP) is 4.07. The number of Topliss-reactive ketones (excluding diaryl/α,β-unsaturated/α-hetero) is 1. The van der Waals surface area contributed by atoms with Gasteiger partial charge in [0, 0.05) is 19.2 Å². The topological polar surface area (TPSA) is 87.1 Å². The van der Waals surface area contributed by atoms with Gasteiger partial charge in [0.1, 0.15) is 11.5 Å². The molecule has 0 aromatic heterocycles. The van der Waals surface area contributed by atoms with Crippen molar-refractivity contribution in [2.45, 2.75) is 39.2 Å². The van der Waals surface area contributed by atoms with Crippen molar-refractivity contribution in [2.75, 3.05) is 20.3 Å². The molecule has 0 aliphatic carbocycles. The van der Waals surface area contributed by atoms with Gasteiger partial charge in [0.25, 0.3) is 11.7 Å². The van der Waals surface area contributed by atoms with Crippen molar-refractivity contribution in [1.82, 2.24) is 4.90 Å². The lowest BCUT2D eigenvalue weighted by atomic mass is 9.84. The normalized spacial score (nSPS) is 18.6. The maximum absolute atomic E-state index is 13.0. The number of hydrogen-bond donors (Lipinski definition) is 2. The zero-order valence-electron chi connectivity index (χ0n) is 18.6. The van der Waals surface area contributed by atoms with E-state index in [0.29, 0.717) is 11.1 Å². The van der Waals surface area contributed by atoms with Crippen molar-refractivity contribution in [3.63, 3.8) is 0 Å². The van der Waals surface area contributed by atoms with Crippen LogP contribution in [0.1, 0.15) is 49.1 Å². The third kappa shape index (κ3) is 4.35. The number of carbonyl (C=O) groups excluding carboxylic acids is 2. The van der Waals surface area contributed by atoms with Crippen molar-refractivity contribution in [3.05, 3.63) is 70.3 Å². The SMILES string of the molecule is COCCN1C(=O)C(=O)/C(=C(/O)c2cc(C(C)(C)C)ccc2C)C1c1ccc(O)cc1. The van der Waals surface area contributed by atoms with Crippen LogP contribution in [0.25, 0.3) is 5.76 Å². The van der Waals surface area contributed by atoms with Crippen LogP contribution in [0.5, 0.6) is 5.75 Å². The second-order valence-electron chi connectivity index (χ2n) is 8.86. The molecule has 1 aliphatic rings. The molecule has 0 radical (unpaired) electrons. The number of ether oxygens (including phenoxy) is 1. The largest absolute Gasteiger partial charge is 0.508 e. The molecule has 2 aromatic carbocycles. The lowest BCUT2D eigenvalue weighted by Gasteiger charge is -2.25. The molecule has 0 spiro atoms. The molecule has 164 valence electrons. The fraction of sp³-hybridized carbons (Fsp3) is 0.360. The van der Waals surface area contributed by atoms with Gasteiger partial charge in [-0.05, 0) is 47.2 Å². The molecule has 31 heavy (non-hydrogen) atoms. The highest BCUT2D eigenvalue weighted by Gasteiger charge is 2.46. The van der Waals surface area contributed by atoms with Crippen LogP contribution >= 0.6 is 0 Å². The highest BCUT2D eigenvalue weighted by atomic mass is 16.5. The van der Waals surface area contributed by atoms with Gasteiger partial charge in [0.2, 0.25) is 0 Å². The van der Waals surface area contributed by atoms with Crippen molar-refractivity contribution in [2.24, 2.45) is 0 Å². The summed E-state index contributed by atoms with van der Waals surface area (Å²) in [5.74, 6) is -1.53. The molecular formula is C25H29NO5. The number of methoxy groups -OCH3 is 1. The number of ketones is 1. The Labute approximate surface area is 182 Å². The van der Waals surface area contributed by atoms with Crippen LogP contribution < -0.4 is 0 Å². The Morgan fingerprint density at radius 1 is 1.10 bits per heavy atom. The van der Waals surface area contributed by atoms with Crippen LogP contribution in [0.4, 0.5) is 0 Å². The molecule has 2 N–H and O–H groups in total. The van der Waals surface area contributed by atoms with Gasteiger partial charge in [-0.2, -0.15) is 0 Å². The summed E-state index contributed by atoms with van der Waals surface area (Å²) < 4.78 is 5.12. The Morgan fingerprint density at radius 2 is 1.74 bits per heavy atom. The standard InChI is InChI=1S/C25H29NO5/c1-15-6-9-17(25(2,3)4)14-19(15)22(28)20-21(16-7-10-18(27)11-8-16)26(12-13-31-5)24(30)23(20)29/h6-11,14,21,27-28H,12-13H2,1-5H3/b22-20+. The fourth-order valence-corrected chi connectivity index (χ4v) is 3.79. The number of hydrogen-bond acceptors (Lipinski definition) is 5. The summed E-state index contributed by atoms with van der Waals surface area (Å²) in [7, 11) is 1.52. The van der Waals surface area contributed by atoms with Gasteiger partial charge in [-0.1, -0.05) is 45.0 Å². The Balaban J connectivity index is 2.22. The number of aliphatic hydroxyl groups is 1. The zero-order valence-corrected chi connectivity index (χ0v) is 18.6. The van der Waals surface area contributed by atoms with Gasteiger partial charge in [-0.25, -0.2) is 0 Å². The van der Waals surface area contributed by atoms with Crippen molar-refractivity contribution in [1.29, 1.82) is 0 Å². The van der Waals surface area contributed by atoms with E-state index in [-0.39, 0.29) is 35.6 Å². The smallest absolute Gasteiger partial charge is 0.295 e. The Hall–Kier alpha value is -3.12. The number of aryl methyl sites for hydroxylation is 1. The van der Waals surface area contributed by atoms with E-state index in [1.54, 1.807) is 12.1 Å². The summed E-state index contributed by atoms with van der Waals surface area (Å²) in [4.78, 5) is 27.3. The lowest BCUT2D eigenvalue weighted by molar-refractivity contribution is -0.140. The minimum atomic E-state index is -0.770. The van der Waals surface area contributed by atoms with Crippen LogP contribution in [-0.4, -0.2) is 47.1 Å². The van der Waals surface area contributed by atoms with E-state index in [9.17, 15) is 19.8 Å². The first-order valence-electron chi connectivity index (χ1n) is 10.2. The molecule has 1 amide bonds. The first-order valence-corrected chi connectivity index (χ1v) is 10.2. The van der Waals surface area contributed by atoms with E-state index < -0.39 is 17.7 Å². The summed E-state index contributed by atoms with van der Waals surface area (Å²) in [5, 5.41) is 21.0. The van der Waals surface area contributed by atoms with Crippen LogP contribution in [0, 0.1) is 6.92 Å². The van der Waals surface area contributed by atoms with Gasteiger partial charge in [0.05, 0.1) is 18.2 Å². The maximum Gasteiger partial charge on any atom is 0.295 e. The number of carbonyl (C=O) groups is 2. The lowest BCUT2D eigenvalue weighted by Crippen LogP contribution is -2.32. The van der Waals surface area contributed by atoms with Crippen LogP contribution in [0.3, 0.4) is 0 Å². The summed E-state index contributed by atoms with van der Waals surface area (Å²) in [6.07, 6.45) is 0. The molecule has 3 rings (SSSR count). The number of amides is 1. The van der Waals surface area contributed by atoms with Crippen molar-refractivity contribution < 1.29 is 24.5 Å². The number of rotatable bonds is 5. The Morgan fingerprint density at radius 3 is 2.32 bits per heavy atom. The molecule has 1 fully saturated rings. The molecular weight excluding hydrogens is 394 g/mol. The molecule has 1 aliphatic heterocycles. The highest BCUT2D eigenvalue weighted by molar-refractivity contribution is 6.46. The minimum Gasteiger partial charge on any atom is -0.508 e. The second kappa shape index (κ2) is 8.55. The number of aliphatic hydroxyl groups excluding tert-OH is 1. The monoisotopic (exact) mass is 423 g/mol. The zero-order chi connectivity index (χ0) is 22.9. The van der Waals surface area contributed by atoms with Gasteiger partial charge in [-0.3, -0.25) is 9.59 Å². The summed E-state index contributed by atoms with van der Waals surface area (Å²) in [6, 6.07) is 11.3. The summed E-state index contributed by atoms with van der Waals surface area (Å²) in [5.41, 5.74) is 2.86. The minimum absolute atomic E-state index is 0.0425. The van der Waals surface area contributed by atoms with Crippen molar-refractivity contribution in [3.8, 4) is 5.75 Å². The van der Waals surface area contributed by atoms with Gasteiger partial charge >= 0.3 is 0 Å². The van der Waals surface area contributed by atoms with E-state index in [0.717, 1.165) is 11.1 Å². The third-order valence-electron chi connectivity index (χ3n) is 5.64. The number of phenolic OH excluding ortho intramolecular Hbond substituents is 1. The quantitative estimate of drug-likeness (QED) is 0.430. The molecule has 0 bridgehead atoms. The van der Waals surface area contributed by atoms with Gasteiger partial charge in [-0.15, -0.1) is 0 Å². The molecule has 2 aromatic rings. The van der Waals surface area contributed by atoms with Crippen molar-refractivity contribution >= 4 is 17.4 Å². The molecule has 6 nitrogen and oxygen atoms in total. The number of nitrogens with zero attached hydrogens (tertiary/aromatic N) is 1. The third-order valence-corrected chi connectivity index (χ3v) is 5.64. The van der Waals surface area contributed by atoms with Crippen LogP contribution in [-0.2, 0) is 19.7 Å². The van der Waals surface area contributed by atoms with Crippen LogP contribution in [0.2, 0.25) is 0 Å². The molecule has 1 atom stereocenters. The predicted molar refractivity (Wildman–Crippen MR) is 119 cm³/mol. The molecule has 1 unspecified atom stereocenters. The number of benzene rings is 2. The molecule has 1 heterocycles. The molecule has 0 saturated carbocycles. The number of phenols is 1. The van der Waals surface area contributed by atoms with Gasteiger partial charge in [0.15, 0.2) is 0 Å². The highest BCUT2D eigenvalue weighted by Crippen LogP contribution is 2.40. The summed E-state index contributed by atoms with van der Waals surface area (Å²) >= 11 is 0. The van der Waals surface area contributed by atoms with E-state index >= 15 is 0 Å². The fourth-order valence-electron chi connectivity index (χ4n) is 3.79. The van der Waals surface area contributed by atoms with E-state index in [4.69, 9.17) is 4.74 Å². The molecule has 6 heteroatoms. The Kier molecular flexibility index (Phi) is 6.23. The van der Waals surface area contributed by atoms with Gasteiger partial charge < -0.3 is 19.8 Å². The van der Waals surface area contributed by atoms with Crippen LogP contribution in [0.15, 0.2) is 48.0 Å². The molecule has 1 saturated heterocycles. The first kappa shape index (κ1) is 22.6. The number of likely N-dealkylation sites (tertiary alicyclic amines) is 1. The summed E-state index contributed by atoms with van der Waals surface area (Å²) in [6.45, 7) is 8.52. The average molecular weight is 424 g/mol. The maximum atomic E-state index is 13.0. The van der Waals surface area contributed by atoms with E-state index in [1.165, 1.54) is 24.1 Å². The average Bonchev–Trinajstić information content (AvgIpc) is 2.96.